The van der Waals surface area contributed by atoms with Crippen molar-refractivity contribution in [3.63, 3.8) is 0 Å². The Bertz CT molecular complexity index is 1620. The molecule has 0 aromatic rings. The van der Waals surface area contributed by atoms with E-state index in [4.69, 9.17) is 14.2 Å². The number of ether oxygens (including phenoxy) is 3. The third kappa shape index (κ3) is 66.8. The van der Waals surface area contributed by atoms with Crippen molar-refractivity contribution in [2.45, 2.75) is 335 Å². The van der Waals surface area contributed by atoms with Crippen LogP contribution < -0.4 is 0 Å². The van der Waals surface area contributed by atoms with E-state index in [0.29, 0.717) is 19.3 Å². The summed E-state index contributed by atoms with van der Waals surface area (Å²) in [4.78, 5) is 38.4. The summed E-state index contributed by atoms with van der Waals surface area (Å²) in [7, 11) is 0. The van der Waals surface area contributed by atoms with Gasteiger partial charge in [0, 0.05) is 19.3 Å². The van der Waals surface area contributed by atoms with Crippen molar-refractivity contribution in [3.05, 3.63) is 109 Å². The van der Waals surface area contributed by atoms with Crippen LogP contribution in [0.25, 0.3) is 0 Å². The minimum absolute atomic E-state index is 0.101. The highest BCUT2D eigenvalue weighted by Gasteiger charge is 2.19. The van der Waals surface area contributed by atoms with E-state index >= 15 is 0 Å². The number of hydrogen-bond donors (Lipinski definition) is 0. The Morgan fingerprint density at radius 3 is 0.815 bits per heavy atom. The zero-order valence-corrected chi connectivity index (χ0v) is 53.3. The summed E-state index contributed by atoms with van der Waals surface area (Å²) in [5, 5.41) is 0. The Kier molecular flexibility index (Phi) is 65.2. The summed E-state index contributed by atoms with van der Waals surface area (Å²) in [6, 6.07) is 0. The summed E-state index contributed by atoms with van der Waals surface area (Å²) in [6.45, 7) is 6.49. The predicted octanol–water partition coefficient (Wildman–Crippen LogP) is 23.8. The molecule has 0 saturated heterocycles. The van der Waals surface area contributed by atoms with Gasteiger partial charge < -0.3 is 14.2 Å². The zero-order chi connectivity index (χ0) is 58.5. The molecule has 0 aliphatic heterocycles. The van der Waals surface area contributed by atoms with E-state index < -0.39 is 6.10 Å². The van der Waals surface area contributed by atoms with E-state index in [2.05, 4.69) is 130 Å². The molecule has 6 heteroatoms. The number of esters is 3. The Labute approximate surface area is 501 Å². The average Bonchev–Trinajstić information content (AvgIpc) is 3.47. The van der Waals surface area contributed by atoms with Gasteiger partial charge in [-0.25, -0.2) is 0 Å². The number of hydrogen-bond acceptors (Lipinski definition) is 6. The maximum Gasteiger partial charge on any atom is 0.306 e. The van der Waals surface area contributed by atoms with Gasteiger partial charge in [0.2, 0.25) is 0 Å². The fourth-order valence-electron chi connectivity index (χ4n) is 9.60. The third-order valence-electron chi connectivity index (χ3n) is 14.7. The SMILES string of the molecule is CC/C=C\C/C=C\C/C=C\C/C=C\C/C=C\CCCC(=O)OCC(COC(=O)CCCCCCCCCCCCCCC/C=C\CCCCCCCCCC)OC(=O)CCCCCCCC/C=C\C/C=C\C/C=C\CCCCCCC. The zero-order valence-electron chi connectivity index (χ0n) is 53.3. The first-order valence-electron chi connectivity index (χ1n) is 34.4. The van der Waals surface area contributed by atoms with E-state index in [1.54, 1.807) is 0 Å². The van der Waals surface area contributed by atoms with Crippen LogP contribution in [0.5, 0.6) is 0 Å². The predicted molar refractivity (Wildman–Crippen MR) is 353 cm³/mol. The number of carbonyl (C=O) groups excluding carboxylic acids is 3. The summed E-state index contributed by atoms with van der Waals surface area (Å²) < 4.78 is 16.9. The van der Waals surface area contributed by atoms with Gasteiger partial charge >= 0.3 is 17.9 Å². The lowest BCUT2D eigenvalue weighted by Gasteiger charge is -2.18. The van der Waals surface area contributed by atoms with Gasteiger partial charge in [-0.05, 0) is 122 Å². The first kappa shape index (κ1) is 77.1. The van der Waals surface area contributed by atoms with Crippen LogP contribution >= 0.6 is 0 Å². The minimum Gasteiger partial charge on any atom is -0.462 e. The molecule has 6 nitrogen and oxygen atoms in total. The van der Waals surface area contributed by atoms with Gasteiger partial charge in [0.25, 0.3) is 0 Å². The molecule has 0 amide bonds. The smallest absolute Gasteiger partial charge is 0.306 e. The molecule has 0 N–H and O–H groups in total. The molecule has 0 aromatic carbocycles. The number of unbranched alkanes of at least 4 members (excludes halogenated alkanes) is 33. The van der Waals surface area contributed by atoms with E-state index in [9.17, 15) is 14.4 Å². The average molecular weight is 1130 g/mol. The summed E-state index contributed by atoms with van der Waals surface area (Å²) in [6.07, 6.45) is 94.0. The van der Waals surface area contributed by atoms with Crippen LogP contribution in [0.2, 0.25) is 0 Å². The van der Waals surface area contributed by atoms with Gasteiger partial charge in [-0.15, -0.1) is 0 Å². The van der Waals surface area contributed by atoms with E-state index in [-0.39, 0.29) is 37.5 Å². The van der Waals surface area contributed by atoms with Crippen molar-refractivity contribution >= 4 is 17.9 Å². The van der Waals surface area contributed by atoms with Crippen LogP contribution in [0.1, 0.15) is 329 Å². The van der Waals surface area contributed by atoms with Crippen molar-refractivity contribution in [2.24, 2.45) is 0 Å². The quantitative estimate of drug-likeness (QED) is 0.0261. The maximum atomic E-state index is 12.9. The Morgan fingerprint density at radius 2 is 0.494 bits per heavy atom. The first-order valence-corrected chi connectivity index (χ1v) is 34.4. The molecule has 0 fully saturated rings. The van der Waals surface area contributed by atoms with Crippen LogP contribution in [0.4, 0.5) is 0 Å². The second-order valence-corrected chi connectivity index (χ2v) is 22.7. The molecule has 0 aliphatic carbocycles. The van der Waals surface area contributed by atoms with Crippen LogP contribution in [0.15, 0.2) is 109 Å². The van der Waals surface area contributed by atoms with Gasteiger partial charge in [0.05, 0.1) is 0 Å². The summed E-state index contributed by atoms with van der Waals surface area (Å²) >= 11 is 0. The maximum absolute atomic E-state index is 12.9. The van der Waals surface area contributed by atoms with Crippen LogP contribution in [0.3, 0.4) is 0 Å². The second-order valence-electron chi connectivity index (χ2n) is 22.7. The highest BCUT2D eigenvalue weighted by Crippen LogP contribution is 2.16. The van der Waals surface area contributed by atoms with E-state index in [0.717, 1.165) is 103 Å². The number of carbonyl (C=O) groups is 3. The summed E-state index contributed by atoms with van der Waals surface area (Å²) in [5.41, 5.74) is 0. The Hall–Kier alpha value is -3.93. The van der Waals surface area contributed by atoms with Crippen molar-refractivity contribution in [1.29, 1.82) is 0 Å². The monoisotopic (exact) mass is 1120 g/mol. The summed E-state index contributed by atoms with van der Waals surface area (Å²) in [5.74, 6) is -0.964. The third-order valence-corrected chi connectivity index (χ3v) is 14.7. The van der Waals surface area contributed by atoms with Gasteiger partial charge in [-0.3, -0.25) is 14.4 Å². The van der Waals surface area contributed by atoms with E-state index in [1.165, 1.54) is 180 Å². The fraction of sp³-hybridized carbons (Fsp3) is 0.720. The standard InChI is InChI=1S/C75H128O6/c1-4-7-10-13-16-19-22-25-28-31-33-35-36-37-38-40-41-44-47-50-53-56-59-62-65-68-74(77)80-71-72(70-79-73(76)67-64-61-58-55-52-49-46-43-30-27-24-21-18-15-12-9-6-3)81-75(78)69-66-63-60-57-54-51-48-45-42-39-34-32-29-26-23-20-17-14-11-8-5-2/h9,12,18,21,23,26-27,30-34,42,45-46,49,55,58,72H,4-8,10-11,13-17,19-20,22,24-25,28-29,35-41,43-44,47-48,50-54,56-57,59-71H2,1-3H3/b12-9-,21-18-,26-23-,30-27-,33-31-,34-32-,45-42-,49-46-,58-55-. The molecule has 0 aliphatic rings. The van der Waals surface area contributed by atoms with Crippen LogP contribution in [0, 0.1) is 0 Å². The largest absolute Gasteiger partial charge is 0.462 e. The molecule has 1 atom stereocenters. The van der Waals surface area contributed by atoms with Gasteiger partial charge in [0.15, 0.2) is 6.10 Å². The highest BCUT2D eigenvalue weighted by atomic mass is 16.6. The van der Waals surface area contributed by atoms with Gasteiger partial charge in [0.1, 0.15) is 13.2 Å². The van der Waals surface area contributed by atoms with Crippen molar-refractivity contribution in [2.75, 3.05) is 13.2 Å². The lowest BCUT2D eigenvalue weighted by molar-refractivity contribution is -0.167. The van der Waals surface area contributed by atoms with E-state index in [1.807, 2.05) is 0 Å². The van der Waals surface area contributed by atoms with Crippen molar-refractivity contribution in [1.82, 2.24) is 0 Å². The molecule has 0 radical (unpaired) electrons. The van der Waals surface area contributed by atoms with Gasteiger partial charge in [-0.2, -0.15) is 0 Å². The molecule has 0 bridgehead atoms. The Balaban J connectivity index is 4.42. The van der Waals surface area contributed by atoms with Crippen LogP contribution in [-0.4, -0.2) is 37.2 Å². The minimum atomic E-state index is -0.812. The highest BCUT2D eigenvalue weighted by molar-refractivity contribution is 5.71. The number of rotatable bonds is 62. The molecule has 464 valence electrons. The second kappa shape index (κ2) is 68.6. The molecule has 0 rings (SSSR count). The molecule has 0 aromatic heterocycles. The first-order chi connectivity index (χ1) is 40.0. The molecular formula is C75H128O6. The molecular weight excluding hydrogens is 997 g/mol. The van der Waals surface area contributed by atoms with Crippen molar-refractivity contribution in [3.8, 4) is 0 Å². The Morgan fingerprint density at radius 1 is 0.259 bits per heavy atom. The number of allylic oxidation sites excluding steroid dienone is 18. The molecule has 81 heavy (non-hydrogen) atoms. The van der Waals surface area contributed by atoms with Crippen molar-refractivity contribution < 1.29 is 28.6 Å². The fourth-order valence-corrected chi connectivity index (χ4v) is 9.60. The normalized spacial score (nSPS) is 12.8. The lowest BCUT2D eigenvalue weighted by Crippen LogP contribution is -2.30. The van der Waals surface area contributed by atoms with Crippen LogP contribution in [-0.2, 0) is 28.6 Å². The topological polar surface area (TPSA) is 78.9 Å². The molecule has 0 spiro atoms. The molecule has 0 heterocycles. The van der Waals surface area contributed by atoms with Gasteiger partial charge in [-0.1, -0.05) is 297 Å². The molecule has 1 unspecified atom stereocenters. The molecule has 0 saturated carbocycles. The lowest BCUT2D eigenvalue weighted by atomic mass is 10.0.